The zero-order valence-electron chi connectivity index (χ0n) is 10.9. The monoisotopic (exact) mass is 397 g/mol. The Morgan fingerprint density at radius 2 is 2.00 bits per heavy atom. The molecule has 1 unspecified atom stereocenters. The molecule has 0 saturated carbocycles. The number of halogens is 1. The van der Waals surface area contributed by atoms with Crippen LogP contribution in [0.1, 0.15) is 11.1 Å². The smallest absolute Gasteiger partial charge is 0.319 e. The van der Waals surface area contributed by atoms with Crippen LogP contribution in [0.2, 0.25) is 0 Å². The highest BCUT2D eigenvalue weighted by atomic mass is 127. The first kappa shape index (κ1) is 16.4. The maximum atomic E-state index is 12.0. The Balaban J connectivity index is 2.81. The molecule has 0 aliphatic carbocycles. The van der Waals surface area contributed by atoms with Crippen molar-refractivity contribution in [1.29, 1.82) is 0 Å². The van der Waals surface area contributed by atoms with Gasteiger partial charge in [0.25, 0.3) is 0 Å². The van der Waals surface area contributed by atoms with Gasteiger partial charge in [-0.05, 0) is 37.1 Å². The van der Waals surface area contributed by atoms with E-state index in [0.29, 0.717) is 0 Å². The molecule has 0 aliphatic heterocycles. The molecular formula is C12H16INO4S. The van der Waals surface area contributed by atoms with Crippen molar-refractivity contribution < 1.29 is 17.9 Å². The molecule has 0 radical (unpaired) electrons. The number of aryl methyl sites for hydroxylation is 2. The third-order valence-corrected chi connectivity index (χ3v) is 5.07. The molecule has 0 spiro atoms. The number of sulfonamides is 1. The summed E-state index contributed by atoms with van der Waals surface area (Å²) >= 11 is 1.84. The fraction of sp³-hybridized carbons (Fsp3) is 0.417. The summed E-state index contributed by atoms with van der Waals surface area (Å²) in [5, 5.41) is 0. The summed E-state index contributed by atoms with van der Waals surface area (Å²) in [4.78, 5) is 11.4. The molecule has 5 nitrogen and oxygen atoms in total. The molecule has 1 aromatic rings. The van der Waals surface area contributed by atoms with Crippen molar-refractivity contribution in [3.05, 3.63) is 29.3 Å². The molecule has 1 rings (SSSR count). The van der Waals surface area contributed by atoms with Gasteiger partial charge in [0, 0.05) is 6.54 Å². The summed E-state index contributed by atoms with van der Waals surface area (Å²) < 4.78 is 30.5. The summed E-state index contributed by atoms with van der Waals surface area (Å²) in [6, 6.07) is 4.91. The molecule has 0 bridgehead atoms. The summed E-state index contributed by atoms with van der Waals surface area (Å²) in [6.45, 7) is 3.77. The van der Waals surface area contributed by atoms with E-state index in [9.17, 15) is 13.2 Å². The van der Waals surface area contributed by atoms with Gasteiger partial charge in [0.1, 0.15) is 3.92 Å². The van der Waals surface area contributed by atoms with Gasteiger partial charge in [0.15, 0.2) is 0 Å². The van der Waals surface area contributed by atoms with Gasteiger partial charge in [-0.1, -0.05) is 28.7 Å². The minimum atomic E-state index is -3.60. The van der Waals surface area contributed by atoms with E-state index in [2.05, 4.69) is 9.46 Å². The van der Waals surface area contributed by atoms with E-state index in [1.165, 1.54) is 7.11 Å². The maximum Gasteiger partial charge on any atom is 0.319 e. The number of carbonyl (C=O) groups is 1. The quantitative estimate of drug-likeness (QED) is 0.465. The topological polar surface area (TPSA) is 72.5 Å². The summed E-state index contributed by atoms with van der Waals surface area (Å²) in [5.41, 5.74) is 1.93. The van der Waals surface area contributed by atoms with E-state index in [1.807, 2.05) is 36.4 Å². The third-order valence-electron chi connectivity index (χ3n) is 2.70. The van der Waals surface area contributed by atoms with Gasteiger partial charge in [0.2, 0.25) is 10.0 Å². The van der Waals surface area contributed by atoms with Gasteiger partial charge in [-0.15, -0.1) is 0 Å². The Labute approximate surface area is 126 Å². The van der Waals surface area contributed by atoms with Crippen LogP contribution in [0.4, 0.5) is 0 Å². The van der Waals surface area contributed by atoms with E-state index in [1.54, 1.807) is 18.2 Å². The van der Waals surface area contributed by atoms with E-state index < -0.39 is 19.9 Å². The Bertz CT molecular complexity index is 571. The molecule has 106 valence electrons. The van der Waals surface area contributed by atoms with E-state index in [-0.39, 0.29) is 11.4 Å². The van der Waals surface area contributed by atoms with Crippen molar-refractivity contribution in [2.75, 3.05) is 13.7 Å². The Kier molecular flexibility index (Phi) is 5.75. The molecule has 0 aromatic heterocycles. The first-order valence-corrected chi connectivity index (χ1v) is 8.29. The first-order chi connectivity index (χ1) is 8.77. The van der Waals surface area contributed by atoms with E-state index in [0.717, 1.165) is 11.1 Å². The van der Waals surface area contributed by atoms with Crippen molar-refractivity contribution in [2.45, 2.75) is 22.7 Å². The minimum Gasteiger partial charge on any atom is -0.468 e. The Morgan fingerprint density at radius 3 is 2.53 bits per heavy atom. The molecule has 1 aromatic carbocycles. The van der Waals surface area contributed by atoms with Crippen LogP contribution in [0.5, 0.6) is 0 Å². The molecule has 0 saturated heterocycles. The van der Waals surface area contributed by atoms with Crippen LogP contribution in [0.25, 0.3) is 0 Å². The molecule has 1 N–H and O–H groups in total. The summed E-state index contributed by atoms with van der Waals surface area (Å²) in [5.74, 6) is -0.455. The second kappa shape index (κ2) is 6.67. The average molecular weight is 397 g/mol. The molecule has 0 heterocycles. The van der Waals surface area contributed by atoms with Gasteiger partial charge in [-0.2, -0.15) is 0 Å². The summed E-state index contributed by atoms with van der Waals surface area (Å²) in [7, 11) is -2.33. The Morgan fingerprint density at radius 1 is 1.37 bits per heavy atom. The number of esters is 1. The van der Waals surface area contributed by atoms with Crippen LogP contribution in [-0.2, 0) is 19.6 Å². The molecular weight excluding hydrogens is 381 g/mol. The first-order valence-electron chi connectivity index (χ1n) is 5.56. The average Bonchev–Trinajstić information content (AvgIpc) is 2.38. The molecule has 1 atom stereocenters. The lowest BCUT2D eigenvalue weighted by Crippen LogP contribution is -2.33. The number of rotatable bonds is 5. The number of hydrogen-bond donors (Lipinski definition) is 1. The number of benzene rings is 1. The number of carbonyl (C=O) groups excluding carboxylic acids is 1. The highest BCUT2D eigenvalue weighted by molar-refractivity contribution is 14.1. The van der Waals surface area contributed by atoms with Crippen LogP contribution >= 0.6 is 22.6 Å². The van der Waals surface area contributed by atoms with Crippen molar-refractivity contribution in [3.63, 3.8) is 0 Å². The zero-order valence-corrected chi connectivity index (χ0v) is 13.9. The van der Waals surface area contributed by atoms with Gasteiger partial charge in [-0.3, -0.25) is 4.79 Å². The van der Waals surface area contributed by atoms with Gasteiger partial charge < -0.3 is 4.74 Å². The lowest BCUT2D eigenvalue weighted by Gasteiger charge is -2.11. The second-order valence-electron chi connectivity index (χ2n) is 4.09. The number of alkyl halides is 1. The summed E-state index contributed by atoms with van der Waals surface area (Å²) in [6.07, 6.45) is 0. The second-order valence-corrected chi connectivity index (χ2v) is 7.36. The highest BCUT2D eigenvalue weighted by Gasteiger charge is 2.20. The van der Waals surface area contributed by atoms with E-state index >= 15 is 0 Å². The van der Waals surface area contributed by atoms with Crippen molar-refractivity contribution in [2.24, 2.45) is 0 Å². The molecule has 0 aliphatic rings. The standard InChI is InChI=1S/C12H16INO4S/c1-8-4-5-10(6-9(8)2)19(16,17)14-7-11(13)12(15)18-3/h4-6,11,14H,7H2,1-3H3. The van der Waals surface area contributed by atoms with Crippen molar-refractivity contribution >= 4 is 38.6 Å². The molecule has 19 heavy (non-hydrogen) atoms. The molecule has 0 fully saturated rings. The largest absolute Gasteiger partial charge is 0.468 e. The predicted molar refractivity (Wildman–Crippen MR) is 80.9 cm³/mol. The fourth-order valence-electron chi connectivity index (χ4n) is 1.36. The highest BCUT2D eigenvalue weighted by Crippen LogP contribution is 2.15. The maximum absolute atomic E-state index is 12.0. The van der Waals surface area contributed by atoms with Crippen LogP contribution < -0.4 is 4.72 Å². The van der Waals surface area contributed by atoms with Crippen molar-refractivity contribution in [1.82, 2.24) is 4.72 Å². The van der Waals surface area contributed by atoms with Crippen LogP contribution in [-0.4, -0.2) is 32.0 Å². The van der Waals surface area contributed by atoms with Crippen LogP contribution in [0.3, 0.4) is 0 Å². The lowest BCUT2D eigenvalue weighted by atomic mass is 10.1. The fourth-order valence-corrected chi connectivity index (χ4v) is 3.26. The third kappa shape index (κ3) is 4.43. The predicted octanol–water partition coefficient (Wildman–Crippen LogP) is 1.56. The normalized spacial score (nSPS) is 13.1. The molecule has 0 amide bonds. The van der Waals surface area contributed by atoms with Gasteiger partial charge >= 0.3 is 5.97 Å². The van der Waals surface area contributed by atoms with Crippen LogP contribution in [0.15, 0.2) is 23.1 Å². The number of ether oxygens (including phenoxy) is 1. The number of nitrogens with one attached hydrogen (secondary N) is 1. The SMILES string of the molecule is COC(=O)C(I)CNS(=O)(=O)c1ccc(C)c(C)c1. The Hall–Kier alpha value is -0.670. The van der Waals surface area contributed by atoms with Crippen molar-refractivity contribution in [3.8, 4) is 0 Å². The minimum absolute atomic E-state index is 0.00247. The van der Waals surface area contributed by atoms with Gasteiger partial charge in [0.05, 0.1) is 12.0 Å². The number of methoxy groups -OCH3 is 1. The van der Waals surface area contributed by atoms with Gasteiger partial charge in [-0.25, -0.2) is 13.1 Å². The number of hydrogen-bond acceptors (Lipinski definition) is 4. The molecule has 7 heteroatoms. The van der Waals surface area contributed by atoms with Crippen LogP contribution in [0, 0.1) is 13.8 Å². The zero-order chi connectivity index (χ0) is 14.6. The van der Waals surface area contributed by atoms with E-state index in [4.69, 9.17) is 0 Å². The lowest BCUT2D eigenvalue weighted by molar-refractivity contribution is -0.139.